The van der Waals surface area contributed by atoms with Crippen LogP contribution in [0.3, 0.4) is 0 Å². The topological polar surface area (TPSA) is 43.4 Å². The Morgan fingerprint density at radius 1 is 0.909 bits per heavy atom. The number of fused-ring (bicyclic) bond motifs is 3. The second-order valence-corrected chi connectivity index (χ2v) is 6.35. The molecule has 0 atom stereocenters. The van der Waals surface area contributed by atoms with Gasteiger partial charge in [0.1, 0.15) is 11.5 Å². The molecule has 0 amide bonds. The van der Waals surface area contributed by atoms with Crippen LogP contribution in [0.1, 0.15) is 0 Å². The molecule has 0 heterocycles. The molecule has 3 rings (SSSR count). The summed E-state index contributed by atoms with van der Waals surface area (Å²) in [7, 11) is -3.65. The van der Waals surface area contributed by atoms with Crippen LogP contribution in [-0.4, -0.2) is 72.4 Å². The van der Waals surface area contributed by atoms with Gasteiger partial charge in [-0.1, -0.05) is 48.5 Å². The molecule has 3 aromatic carbocycles. The third kappa shape index (κ3) is 3.68. The summed E-state index contributed by atoms with van der Waals surface area (Å²) in [4.78, 5) is 0. The molecule has 0 fully saturated rings. The van der Waals surface area contributed by atoms with Gasteiger partial charge in [-0.3, -0.25) is 0 Å². The first-order valence-corrected chi connectivity index (χ1v) is 8.12. The fourth-order valence-electron chi connectivity index (χ4n) is 2.40. The van der Waals surface area contributed by atoms with Crippen molar-refractivity contribution in [3.63, 3.8) is 0 Å². The molecule has 0 radical (unpaired) electrons. The van der Waals surface area contributed by atoms with Gasteiger partial charge in [0.15, 0.2) is 0 Å². The Morgan fingerprint density at radius 2 is 1.64 bits per heavy atom. The van der Waals surface area contributed by atoms with Crippen LogP contribution in [0.2, 0.25) is 0 Å². The van der Waals surface area contributed by atoms with Crippen LogP contribution in [0.15, 0.2) is 67.3 Å². The van der Waals surface area contributed by atoms with Gasteiger partial charge in [0.05, 0.1) is 0 Å². The molecule has 5 heteroatoms. The molecule has 0 bridgehead atoms. The standard InChI is InChI=1S/C17H14O3S.Rb.H/c1-2-12-21(18,19)20-17-9-5-8-15-14-7-4-3-6-13(14)10-11-16(15)17;;/h2-11H,1,12H2;;. The van der Waals surface area contributed by atoms with E-state index in [1.165, 1.54) is 6.08 Å². The minimum absolute atomic E-state index is 0. The summed E-state index contributed by atoms with van der Waals surface area (Å²) < 4.78 is 28.8. The molecule has 0 aliphatic rings. The summed E-state index contributed by atoms with van der Waals surface area (Å²) in [6.45, 7) is 3.43. The molecule has 0 N–H and O–H groups in total. The van der Waals surface area contributed by atoms with Crippen LogP contribution < -0.4 is 4.18 Å². The summed E-state index contributed by atoms with van der Waals surface area (Å²) in [5.74, 6) is 0.136. The third-order valence-corrected chi connectivity index (χ3v) is 4.36. The zero-order valence-corrected chi connectivity index (χ0v) is 12.1. The van der Waals surface area contributed by atoms with Gasteiger partial charge in [0.2, 0.25) is 0 Å². The number of benzene rings is 3. The van der Waals surface area contributed by atoms with Crippen molar-refractivity contribution in [3.8, 4) is 5.75 Å². The van der Waals surface area contributed by atoms with Crippen LogP contribution in [0.5, 0.6) is 5.75 Å². The van der Waals surface area contributed by atoms with Gasteiger partial charge in [0.25, 0.3) is 0 Å². The summed E-state index contributed by atoms with van der Waals surface area (Å²) in [6, 6.07) is 17.3. The first-order chi connectivity index (χ1) is 10.1. The van der Waals surface area contributed by atoms with Gasteiger partial charge >= 0.3 is 68.3 Å². The molecule has 22 heavy (non-hydrogen) atoms. The van der Waals surface area contributed by atoms with Crippen molar-refractivity contribution < 1.29 is 12.6 Å². The Morgan fingerprint density at radius 3 is 2.41 bits per heavy atom. The SMILES string of the molecule is C=CCS(=O)(=O)Oc1cccc2c1ccc1ccccc12.[RbH]. The van der Waals surface area contributed by atoms with Crippen LogP contribution in [0.4, 0.5) is 0 Å². The molecule has 108 valence electrons. The van der Waals surface area contributed by atoms with Crippen molar-refractivity contribution in [2.24, 2.45) is 0 Å². The second kappa shape index (κ2) is 7.36. The van der Waals surface area contributed by atoms with E-state index in [0.29, 0.717) is 5.75 Å². The normalized spacial score (nSPS) is 11.1. The summed E-state index contributed by atoms with van der Waals surface area (Å²) >= 11 is 0. The summed E-state index contributed by atoms with van der Waals surface area (Å²) in [5.41, 5.74) is 0. The molecule has 0 spiro atoms. The van der Waals surface area contributed by atoms with E-state index in [0.717, 1.165) is 21.5 Å². The van der Waals surface area contributed by atoms with Crippen molar-refractivity contribution in [3.05, 3.63) is 67.3 Å². The molecule has 0 saturated carbocycles. The predicted molar refractivity (Wildman–Crippen MR) is 93.2 cm³/mol. The predicted octanol–water partition coefficient (Wildman–Crippen LogP) is 3.24. The van der Waals surface area contributed by atoms with Crippen LogP contribution in [0.25, 0.3) is 21.5 Å². The average molecular weight is 385 g/mol. The first kappa shape index (κ1) is 17.8. The van der Waals surface area contributed by atoms with Gasteiger partial charge in [-0.15, -0.1) is 6.58 Å². The van der Waals surface area contributed by atoms with E-state index in [1.807, 2.05) is 42.5 Å². The van der Waals surface area contributed by atoms with Gasteiger partial charge in [0, 0.05) is 5.39 Å². The molecule has 0 unspecified atom stereocenters. The van der Waals surface area contributed by atoms with E-state index in [4.69, 9.17) is 4.18 Å². The van der Waals surface area contributed by atoms with Gasteiger partial charge in [-0.2, -0.15) is 8.42 Å². The first-order valence-electron chi connectivity index (χ1n) is 6.54. The number of rotatable bonds is 4. The van der Waals surface area contributed by atoms with E-state index in [2.05, 4.69) is 6.58 Å². The maximum atomic E-state index is 11.8. The molecule has 3 nitrogen and oxygen atoms in total. The second-order valence-electron chi connectivity index (χ2n) is 4.73. The average Bonchev–Trinajstić information content (AvgIpc) is 2.47. The number of hydrogen-bond acceptors (Lipinski definition) is 3. The zero-order valence-electron chi connectivity index (χ0n) is 11.3. The van der Waals surface area contributed by atoms with Crippen molar-refractivity contribution in [1.29, 1.82) is 0 Å². The Labute approximate surface area is 178 Å². The monoisotopic (exact) mass is 384 g/mol. The van der Waals surface area contributed by atoms with Crippen LogP contribution in [0, 0.1) is 0 Å². The molecule has 0 aliphatic heterocycles. The summed E-state index contributed by atoms with van der Waals surface area (Å²) in [6.07, 6.45) is 1.32. The van der Waals surface area contributed by atoms with E-state index in [9.17, 15) is 8.42 Å². The van der Waals surface area contributed by atoms with E-state index in [1.54, 1.807) is 12.1 Å². The molecule has 0 saturated heterocycles. The van der Waals surface area contributed by atoms with Crippen molar-refractivity contribution >= 4 is 89.9 Å². The molecule has 0 aromatic heterocycles. The van der Waals surface area contributed by atoms with Gasteiger partial charge in [-0.05, 0) is 28.3 Å². The Kier molecular flexibility index (Phi) is 5.97. The maximum absolute atomic E-state index is 11.8. The van der Waals surface area contributed by atoms with Crippen molar-refractivity contribution in [2.75, 3.05) is 5.75 Å². The quantitative estimate of drug-likeness (QED) is 0.394. The Bertz CT molecular complexity index is 933. The third-order valence-electron chi connectivity index (χ3n) is 3.29. The van der Waals surface area contributed by atoms with Crippen LogP contribution in [-0.2, 0) is 10.1 Å². The van der Waals surface area contributed by atoms with E-state index in [-0.39, 0.29) is 63.9 Å². The molecular formula is C17H15O3RbS. The number of hydrogen-bond donors (Lipinski definition) is 0. The van der Waals surface area contributed by atoms with Crippen molar-refractivity contribution in [2.45, 2.75) is 0 Å². The Balaban J connectivity index is 0.00000176. The summed E-state index contributed by atoms with van der Waals surface area (Å²) in [5, 5.41) is 3.93. The fourth-order valence-corrected chi connectivity index (χ4v) is 3.17. The minimum atomic E-state index is -3.65. The molecule has 0 aliphatic carbocycles. The van der Waals surface area contributed by atoms with E-state index >= 15 is 0 Å². The zero-order chi connectivity index (χ0) is 14.9. The van der Waals surface area contributed by atoms with Crippen LogP contribution >= 0.6 is 0 Å². The fraction of sp³-hybridized carbons (Fsp3) is 0.0588. The Hall–Kier alpha value is -0.525. The van der Waals surface area contributed by atoms with Gasteiger partial charge in [-0.25, -0.2) is 0 Å². The molecular weight excluding hydrogens is 370 g/mol. The van der Waals surface area contributed by atoms with E-state index < -0.39 is 10.1 Å². The molecule has 3 aromatic rings. The van der Waals surface area contributed by atoms with Crippen molar-refractivity contribution in [1.82, 2.24) is 0 Å². The van der Waals surface area contributed by atoms with Gasteiger partial charge < -0.3 is 4.18 Å².